The molecule has 20 heavy (non-hydrogen) atoms. The van der Waals surface area contributed by atoms with Gasteiger partial charge in [0.25, 0.3) is 0 Å². The molecule has 2 aliphatic rings. The molecule has 1 aromatic rings. The SMILES string of the molecule is CNC(c1cccc(F)c1F)C1CCOC2(CCC2)C1. The van der Waals surface area contributed by atoms with Crippen molar-refractivity contribution in [2.45, 2.75) is 43.7 Å². The van der Waals surface area contributed by atoms with Crippen LogP contribution in [0, 0.1) is 17.6 Å². The lowest BCUT2D eigenvalue weighted by molar-refractivity contribution is -0.147. The number of hydrogen-bond donors (Lipinski definition) is 1. The summed E-state index contributed by atoms with van der Waals surface area (Å²) in [5.41, 5.74) is 0.454. The lowest BCUT2D eigenvalue weighted by Crippen LogP contribution is -2.47. The maximum atomic E-state index is 14.0. The maximum Gasteiger partial charge on any atom is 0.163 e. The zero-order chi connectivity index (χ0) is 14.2. The van der Waals surface area contributed by atoms with Crippen molar-refractivity contribution in [1.29, 1.82) is 0 Å². The average molecular weight is 281 g/mol. The van der Waals surface area contributed by atoms with Crippen molar-refractivity contribution in [2.75, 3.05) is 13.7 Å². The molecule has 2 atom stereocenters. The molecule has 0 aromatic heterocycles. The topological polar surface area (TPSA) is 21.3 Å². The Morgan fingerprint density at radius 3 is 2.80 bits per heavy atom. The summed E-state index contributed by atoms with van der Waals surface area (Å²) < 4.78 is 33.4. The highest BCUT2D eigenvalue weighted by Gasteiger charge is 2.44. The van der Waals surface area contributed by atoms with E-state index in [0.717, 1.165) is 32.3 Å². The predicted molar refractivity (Wildman–Crippen MR) is 73.4 cm³/mol. The minimum atomic E-state index is -0.770. The highest BCUT2D eigenvalue weighted by Crippen LogP contribution is 2.47. The first-order valence-corrected chi connectivity index (χ1v) is 7.40. The van der Waals surface area contributed by atoms with Gasteiger partial charge in [-0.1, -0.05) is 12.1 Å². The third-order valence-electron chi connectivity index (χ3n) is 4.89. The van der Waals surface area contributed by atoms with E-state index in [1.807, 2.05) is 7.05 Å². The third-order valence-corrected chi connectivity index (χ3v) is 4.89. The second-order valence-corrected chi connectivity index (χ2v) is 6.05. The van der Waals surface area contributed by atoms with Gasteiger partial charge in [-0.15, -0.1) is 0 Å². The molecule has 1 heterocycles. The quantitative estimate of drug-likeness (QED) is 0.914. The van der Waals surface area contributed by atoms with Crippen LogP contribution in [0.5, 0.6) is 0 Å². The number of hydrogen-bond acceptors (Lipinski definition) is 2. The van der Waals surface area contributed by atoms with E-state index in [1.54, 1.807) is 12.1 Å². The van der Waals surface area contributed by atoms with Crippen molar-refractivity contribution in [2.24, 2.45) is 5.92 Å². The van der Waals surface area contributed by atoms with Crippen LogP contribution in [-0.4, -0.2) is 19.3 Å². The number of halogens is 2. The number of ether oxygens (including phenoxy) is 1. The van der Waals surface area contributed by atoms with E-state index in [4.69, 9.17) is 4.74 Å². The molecule has 0 radical (unpaired) electrons. The molecule has 1 saturated heterocycles. The van der Waals surface area contributed by atoms with Gasteiger partial charge in [0, 0.05) is 18.2 Å². The predicted octanol–water partition coefficient (Wildman–Crippen LogP) is 3.57. The molecule has 110 valence electrons. The standard InChI is InChI=1S/C16H21F2NO/c1-19-15(12-4-2-5-13(17)14(12)18)11-6-9-20-16(10-11)7-3-8-16/h2,4-5,11,15,19H,3,6-10H2,1H3. The number of nitrogens with one attached hydrogen (secondary N) is 1. The smallest absolute Gasteiger partial charge is 0.163 e. The minimum Gasteiger partial charge on any atom is -0.375 e. The third kappa shape index (κ3) is 2.35. The fraction of sp³-hybridized carbons (Fsp3) is 0.625. The van der Waals surface area contributed by atoms with Gasteiger partial charge in [-0.2, -0.15) is 0 Å². The van der Waals surface area contributed by atoms with Gasteiger partial charge in [-0.3, -0.25) is 0 Å². The van der Waals surface area contributed by atoms with E-state index in [2.05, 4.69) is 5.32 Å². The maximum absolute atomic E-state index is 14.0. The summed E-state index contributed by atoms with van der Waals surface area (Å²) in [6.07, 6.45) is 5.25. The van der Waals surface area contributed by atoms with Crippen LogP contribution in [0.3, 0.4) is 0 Å². The Hall–Kier alpha value is -1.00. The minimum absolute atomic E-state index is 0.0157. The summed E-state index contributed by atoms with van der Waals surface area (Å²) in [5, 5.41) is 3.18. The van der Waals surface area contributed by atoms with E-state index < -0.39 is 11.6 Å². The molecule has 1 N–H and O–H groups in total. The number of benzene rings is 1. The summed E-state index contributed by atoms with van der Waals surface area (Å²) in [5.74, 6) is -1.19. The van der Waals surface area contributed by atoms with Gasteiger partial charge in [0.2, 0.25) is 0 Å². The average Bonchev–Trinajstić information content (AvgIpc) is 2.43. The van der Waals surface area contributed by atoms with Crippen molar-refractivity contribution >= 4 is 0 Å². The first-order valence-electron chi connectivity index (χ1n) is 7.40. The normalized spacial score (nSPS) is 26.2. The molecule has 1 saturated carbocycles. The molecule has 1 aliphatic carbocycles. The summed E-state index contributed by atoms with van der Waals surface area (Å²) in [6, 6.07) is 4.29. The van der Waals surface area contributed by atoms with Crippen LogP contribution in [0.25, 0.3) is 0 Å². The molecule has 3 rings (SSSR count). The lowest BCUT2D eigenvalue weighted by atomic mass is 9.69. The molecular formula is C16H21F2NO. The van der Waals surface area contributed by atoms with Crippen LogP contribution in [0.15, 0.2) is 18.2 Å². The molecule has 1 aromatic carbocycles. The number of rotatable bonds is 3. The Bertz CT molecular complexity index is 487. The highest BCUT2D eigenvalue weighted by molar-refractivity contribution is 5.23. The van der Waals surface area contributed by atoms with Gasteiger partial charge >= 0.3 is 0 Å². The van der Waals surface area contributed by atoms with Gasteiger partial charge in [0.05, 0.1) is 5.60 Å². The second kappa shape index (κ2) is 5.41. The van der Waals surface area contributed by atoms with Crippen molar-refractivity contribution in [3.63, 3.8) is 0 Å². The Kier molecular flexibility index (Phi) is 3.78. The molecule has 2 nitrogen and oxygen atoms in total. The molecule has 2 unspecified atom stereocenters. The Balaban J connectivity index is 1.84. The molecule has 2 fully saturated rings. The van der Waals surface area contributed by atoms with Crippen LogP contribution in [0.4, 0.5) is 8.78 Å². The van der Waals surface area contributed by atoms with Crippen molar-refractivity contribution in [3.05, 3.63) is 35.4 Å². The Morgan fingerprint density at radius 1 is 1.35 bits per heavy atom. The zero-order valence-electron chi connectivity index (χ0n) is 11.8. The first-order chi connectivity index (χ1) is 9.65. The molecular weight excluding hydrogens is 260 g/mol. The van der Waals surface area contributed by atoms with E-state index in [9.17, 15) is 8.78 Å². The van der Waals surface area contributed by atoms with Gasteiger partial charge < -0.3 is 10.1 Å². The van der Waals surface area contributed by atoms with E-state index in [0.29, 0.717) is 11.5 Å². The largest absolute Gasteiger partial charge is 0.375 e. The zero-order valence-corrected chi connectivity index (χ0v) is 11.8. The Labute approximate surface area is 118 Å². The van der Waals surface area contributed by atoms with Gasteiger partial charge in [0.15, 0.2) is 11.6 Å². The summed E-state index contributed by atoms with van der Waals surface area (Å²) >= 11 is 0. The van der Waals surface area contributed by atoms with Crippen LogP contribution < -0.4 is 5.32 Å². The van der Waals surface area contributed by atoms with Gasteiger partial charge in [-0.05, 0) is 51.1 Å². The van der Waals surface area contributed by atoms with E-state index in [1.165, 1.54) is 12.5 Å². The summed E-state index contributed by atoms with van der Waals surface area (Å²) in [7, 11) is 1.82. The van der Waals surface area contributed by atoms with Crippen LogP contribution in [0.1, 0.15) is 43.7 Å². The molecule has 0 amide bonds. The van der Waals surface area contributed by atoms with E-state index in [-0.39, 0.29) is 11.6 Å². The van der Waals surface area contributed by atoms with Crippen molar-refractivity contribution < 1.29 is 13.5 Å². The van der Waals surface area contributed by atoms with Gasteiger partial charge in [0.1, 0.15) is 0 Å². The molecule has 4 heteroatoms. The second-order valence-electron chi connectivity index (χ2n) is 6.05. The molecule has 1 aliphatic heterocycles. The first kappa shape index (κ1) is 14.0. The highest BCUT2D eigenvalue weighted by atomic mass is 19.2. The summed E-state index contributed by atoms with van der Waals surface area (Å²) in [6.45, 7) is 0.722. The van der Waals surface area contributed by atoms with Crippen molar-refractivity contribution in [1.82, 2.24) is 5.32 Å². The van der Waals surface area contributed by atoms with Crippen molar-refractivity contribution in [3.8, 4) is 0 Å². The van der Waals surface area contributed by atoms with E-state index >= 15 is 0 Å². The van der Waals surface area contributed by atoms with Crippen LogP contribution in [-0.2, 0) is 4.74 Å². The van der Waals surface area contributed by atoms with Crippen LogP contribution in [0.2, 0.25) is 0 Å². The monoisotopic (exact) mass is 281 g/mol. The van der Waals surface area contributed by atoms with Gasteiger partial charge in [-0.25, -0.2) is 8.78 Å². The molecule has 0 bridgehead atoms. The lowest BCUT2D eigenvalue weighted by Gasteiger charge is -2.48. The fourth-order valence-electron chi connectivity index (χ4n) is 3.68. The molecule has 1 spiro atoms. The fourth-order valence-corrected chi connectivity index (χ4v) is 3.68. The Morgan fingerprint density at radius 2 is 2.15 bits per heavy atom. The summed E-state index contributed by atoms with van der Waals surface area (Å²) in [4.78, 5) is 0. The van der Waals surface area contributed by atoms with Crippen LogP contribution >= 0.6 is 0 Å².